The minimum atomic E-state index is 0.0671. The van der Waals surface area contributed by atoms with Crippen molar-refractivity contribution in [3.05, 3.63) is 207 Å². The molecule has 2 spiro atoms. The first-order chi connectivity index (χ1) is 38.0. The summed E-state index contributed by atoms with van der Waals surface area (Å²) in [6, 6.07) is 11.4. The maximum absolute atomic E-state index is 4.68. The van der Waals surface area contributed by atoms with E-state index < -0.39 is 0 Å². The van der Waals surface area contributed by atoms with E-state index >= 15 is 0 Å². The van der Waals surface area contributed by atoms with Gasteiger partial charge in [-0.2, -0.15) is 0 Å². The molecule has 9 unspecified atom stereocenters. The zero-order valence-corrected chi connectivity index (χ0v) is 47.3. The topological polar surface area (TPSA) is 6.48 Å². The Morgan fingerprint density at radius 3 is 2.44 bits per heavy atom. The fraction of sp³-hybridized carbons (Fsp3) is 0.520. The second kappa shape index (κ2) is 20.9. The number of hydrogen-bond acceptors (Lipinski definition) is 2. The van der Waals surface area contributed by atoms with E-state index in [0.29, 0.717) is 41.7 Å². The van der Waals surface area contributed by atoms with Gasteiger partial charge in [0.2, 0.25) is 0 Å². The summed E-state index contributed by atoms with van der Waals surface area (Å²) in [5.74, 6) is 4.64. The summed E-state index contributed by atoms with van der Waals surface area (Å²) >= 11 is 0. The van der Waals surface area contributed by atoms with Crippen LogP contribution in [0.3, 0.4) is 0 Å². The van der Waals surface area contributed by atoms with Crippen LogP contribution in [0.2, 0.25) is 0 Å². The van der Waals surface area contributed by atoms with Crippen molar-refractivity contribution in [2.45, 2.75) is 198 Å². The van der Waals surface area contributed by atoms with Gasteiger partial charge in [-0.15, -0.1) is 0 Å². The lowest BCUT2D eigenvalue weighted by Gasteiger charge is -2.58. The molecule has 11 aliphatic carbocycles. The van der Waals surface area contributed by atoms with Crippen molar-refractivity contribution in [3.63, 3.8) is 0 Å². The Kier molecular flexibility index (Phi) is 13.6. The normalized spacial score (nSPS) is 37.3. The van der Waals surface area contributed by atoms with Crippen LogP contribution >= 0.6 is 0 Å². The van der Waals surface area contributed by atoms with Gasteiger partial charge in [0.05, 0.1) is 6.04 Å². The molecule has 1 aromatic carbocycles. The molecule has 9 atom stereocenters. The molecule has 2 heteroatoms. The van der Waals surface area contributed by atoms with Gasteiger partial charge in [-0.1, -0.05) is 159 Å². The largest absolute Gasteiger partial charge is 0.361 e. The molecule has 0 bridgehead atoms. The van der Waals surface area contributed by atoms with Gasteiger partial charge < -0.3 is 9.80 Å². The Morgan fingerprint density at radius 1 is 0.688 bits per heavy atom. The van der Waals surface area contributed by atoms with Crippen molar-refractivity contribution >= 4 is 5.57 Å². The van der Waals surface area contributed by atoms with E-state index in [0.717, 1.165) is 43.2 Å². The van der Waals surface area contributed by atoms with Crippen molar-refractivity contribution in [1.82, 2.24) is 9.80 Å². The van der Waals surface area contributed by atoms with E-state index in [1.165, 1.54) is 158 Å². The van der Waals surface area contributed by atoms with Crippen LogP contribution in [0.1, 0.15) is 192 Å². The summed E-state index contributed by atoms with van der Waals surface area (Å²) in [4.78, 5) is 5.49. The predicted molar refractivity (Wildman–Crippen MR) is 323 cm³/mol. The number of fused-ring (bicyclic) bond motifs is 12. The predicted octanol–water partition coefficient (Wildman–Crippen LogP) is 19.6. The summed E-state index contributed by atoms with van der Waals surface area (Å²) in [6.45, 7) is 9.73. The van der Waals surface area contributed by atoms with Crippen LogP contribution < -0.4 is 0 Å². The van der Waals surface area contributed by atoms with Crippen LogP contribution in [0.4, 0.5) is 0 Å². The lowest BCUT2D eigenvalue weighted by molar-refractivity contribution is 0.0131. The zero-order chi connectivity index (χ0) is 51.7. The lowest BCUT2D eigenvalue weighted by Crippen LogP contribution is -2.51. The maximum atomic E-state index is 4.68. The number of rotatable bonds is 6. The van der Waals surface area contributed by atoms with Crippen molar-refractivity contribution in [3.8, 4) is 0 Å². The summed E-state index contributed by atoms with van der Waals surface area (Å²) in [5, 5.41) is 0. The zero-order valence-electron chi connectivity index (χ0n) is 47.3. The van der Waals surface area contributed by atoms with Crippen molar-refractivity contribution in [2.24, 2.45) is 46.8 Å². The van der Waals surface area contributed by atoms with Crippen LogP contribution in [0.15, 0.2) is 196 Å². The highest BCUT2D eigenvalue weighted by Crippen LogP contribution is 2.71. The first-order valence-corrected chi connectivity index (χ1v) is 32.0. The molecule has 3 fully saturated rings. The van der Waals surface area contributed by atoms with Crippen LogP contribution in [0, 0.1) is 46.8 Å². The van der Waals surface area contributed by atoms with Gasteiger partial charge in [0.1, 0.15) is 0 Å². The van der Waals surface area contributed by atoms with Gasteiger partial charge in [-0.25, -0.2) is 0 Å². The summed E-state index contributed by atoms with van der Waals surface area (Å²) in [6.07, 6.45) is 75.8. The quantitative estimate of drug-likeness (QED) is 0.280. The van der Waals surface area contributed by atoms with Gasteiger partial charge in [0, 0.05) is 45.6 Å². The van der Waals surface area contributed by atoms with Crippen LogP contribution in [0.5, 0.6) is 0 Å². The van der Waals surface area contributed by atoms with Crippen LogP contribution in [-0.4, -0.2) is 21.9 Å². The summed E-state index contributed by atoms with van der Waals surface area (Å²) in [5.41, 5.74) is 22.8. The molecular formula is C75H90N2. The van der Waals surface area contributed by atoms with Crippen LogP contribution in [-0.2, 0) is 5.41 Å². The average Bonchev–Trinajstić information content (AvgIpc) is 4.30. The third kappa shape index (κ3) is 8.26. The molecule has 2 nitrogen and oxygen atoms in total. The Hall–Kier alpha value is -5.08. The molecule has 14 rings (SSSR count). The minimum Gasteiger partial charge on any atom is -0.361 e. The maximum Gasteiger partial charge on any atom is 0.0546 e. The Labute approximate surface area is 465 Å². The number of benzene rings is 1. The van der Waals surface area contributed by atoms with Crippen molar-refractivity contribution in [2.75, 3.05) is 0 Å². The highest BCUT2D eigenvalue weighted by atomic mass is 15.2. The fourth-order valence-electron chi connectivity index (χ4n) is 20.2. The standard InChI is InChI=1S/C75H90N2/c1-4-21-65-52(3)60-26-9-14-31-66(60)74(65)48-20-25-53(54-37-44-59(45-38-54)77-72-35-18-12-29-63(72)64-30-13-19-36-73(64)77)47-49-75(67-32-15-10-27-61(67)62-28-11-16-33-68(62)75)69-46-41-57(50-70(69)74)55-39-42-58(43-40-55)76-51(2)22-6-5-7-23-56-24-8-17-34-71(56)76/h5-7,9-11,14-15,18,22,24,26,28,30-32,34-35,39,42-43,53-55,57,59,61,69-70,73H,2,4,8,12-13,16-17,19-21,23,25,27,29,33,36-38,40-41,44-50H2,1,3H3/b7-5-,22-6-. The van der Waals surface area contributed by atoms with E-state index in [9.17, 15) is 0 Å². The van der Waals surface area contributed by atoms with Gasteiger partial charge in [0.25, 0.3) is 0 Å². The molecule has 0 radical (unpaired) electrons. The third-order valence-corrected chi connectivity index (χ3v) is 23.2. The smallest absolute Gasteiger partial charge is 0.0546 e. The summed E-state index contributed by atoms with van der Waals surface area (Å²) < 4.78 is 0. The third-order valence-electron chi connectivity index (χ3n) is 23.2. The molecule has 2 aliphatic heterocycles. The highest BCUT2D eigenvalue weighted by molar-refractivity contribution is 5.80. The molecule has 77 heavy (non-hydrogen) atoms. The molecular weight excluding hydrogens is 929 g/mol. The molecule has 13 aliphatic rings. The van der Waals surface area contributed by atoms with E-state index in [-0.39, 0.29) is 10.8 Å². The SMILES string of the molecule is C=C1/C=C\C=C/CC2=CCCC=C2N1C1=CCC(C2CCC3C(C2)C2(CCCC(C4CCC(N5C6=C(CCC=C6)C6=CCCCC65)CC4)CCC34C3=CC=CCC3C3=C4CCC=C3)C(CCC)=C(C)c3ccccc32)C=C1. The Bertz CT molecular complexity index is 3000. The molecule has 0 N–H and O–H groups in total. The van der Waals surface area contributed by atoms with E-state index in [1.54, 1.807) is 39.1 Å². The first-order valence-electron chi connectivity index (χ1n) is 32.0. The highest BCUT2D eigenvalue weighted by Gasteiger charge is 2.62. The number of allylic oxidation sites excluding steroid dienone is 23. The lowest BCUT2D eigenvalue weighted by atomic mass is 9.46. The molecule has 2 heterocycles. The monoisotopic (exact) mass is 1020 g/mol. The molecule has 0 aromatic heterocycles. The Morgan fingerprint density at radius 2 is 1.55 bits per heavy atom. The van der Waals surface area contributed by atoms with Gasteiger partial charge in [-0.05, 0) is 247 Å². The van der Waals surface area contributed by atoms with Gasteiger partial charge >= 0.3 is 0 Å². The summed E-state index contributed by atoms with van der Waals surface area (Å²) in [7, 11) is 0. The second-order valence-corrected chi connectivity index (χ2v) is 26.5. The van der Waals surface area contributed by atoms with Gasteiger partial charge in [0.15, 0.2) is 0 Å². The minimum absolute atomic E-state index is 0.0671. The molecule has 0 amide bonds. The number of hydrogen-bond donors (Lipinski definition) is 0. The van der Waals surface area contributed by atoms with E-state index in [1.807, 2.05) is 16.7 Å². The molecule has 400 valence electrons. The van der Waals surface area contributed by atoms with E-state index in [4.69, 9.17) is 0 Å². The molecule has 0 saturated heterocycles. The number of nitrogens with zero attached hydrogens (tertiary/aromatic N) is 2. The average molecular weight is 1020 g/mol. The van der Waals surface area contributed by atoms with Crippen LogP contribution in [0.25, 0.3) is 5.57 Å². The van der Waals surface area contributed by atoms with Crippen molar-refractivity contribution in [1.29, 1.82) is 0 Å². The fourth-order valence-corrected chi connectivity index (χ4v) is 20.2. The second-order valence-electron chi connectivity index (χ2n) is 26.5. The molecule has 3 saturated carbocycles. The Balaban J connectivity index is 0.830. The van der Waals surface area contributed by atoms with Gasteiger partial charge in [-0.3, -0.25) is 0 Å². The molecule has 1 aromatic rings. The first kappa shape index (κ1) is 50.2. The van der Waals surface area contributed by atoms with Crippen molar-refractivity contribution < 1.29 is 0 Å². The van der Waals surface area contributed by atoms with E-state index in [2.05, 4.69) is 158 Å².